The smallest absolute Gasteiger partial charge is 0.265 e. The number of fused-ring (bicyclic) bond motifs is 1. The molecule has 54 heavy (non-hydrogen) atoms. The maximum Gasteiger partial charge on any atom is 0.265 e. The molecule has 0 spiro atoms. The van der Waals surface area contributed by atoms with Crippen molar-refractivity contribution in [3.8, 4) is 22.8 Å². The summed E-state index contributed by atoms with van der Waals surface area (Å²) in [5.41, 5.74) is 0.606. The van der Waals surface area contributed by atoms with Crippen molar-refractivity contribution in [2.75, 3.05) is 64.1 Å². The van der Waals surface area contributed by atoms with Crippen molar-refractivity contribution in [3.63, 3.8) is 0 Å². The van der Waals surface area contributed by atoms with Gasteiger partial charge in [-0.15, -0.1) is 11.3 Å². The third-order valence-corrected chi connectivity index (χ3v) is 9.32. The standard InChI is InChI=1S/C36H40F2N6O9S/c1-2-27(45)42-28(46)18-44-34(49)23-8-7-9-26(31(23)35(44)50)52-19-29(47)39-12-5-3-4-6-13-40-30(48)20-53-33-22(10-11-24(37)32(33)38)25-21-54-36(41-25)43-14-16-51-17-15-43/h7-11,21H,2-6,12-20H2,1H3,(H,39,47)(H,40,48)(H,42,45,46). The third kappa shape index (κ3) is 10.1. The topological polar surface area (TPSA) is 186 Å². The van der Waals surface area contributed by atoms with Crippen molar-refractivity contribution >= 4 is 51.9 Å². The van der Waals surface area contributed by atoms with E-state index in [0.29, 0.717) is 62.8 Å². The summed E-state index contributed by atoms with van der Waals surface area (Å²) in [4.78, 5) is 81.4. The largest absolute Gasteiger partial charge is 0.483 e. The van der Waals surface area contributed by atoms with Gasteiger partial charge >= 0.3 is 0 Å². The molecular weight excluding hydrogens is 730 g/mol. The van der Waals surface area contributed by atoms with Gasteiger partial charge in [0.05, 0.1) is 30.0 Å². The molecule has 0 saturated carbocycles. The zero-order valence-corrected chi connectivity index (χ0v) is 30.4. The molecule has 0 radical (unpaired) electrons. The van der Waals surface area contributed by atoms with E-state index in [1.54, 1.807) is 12.3 Å². The molecule has 288 valence electrons. The molecule has 3 aromatic rings. The van der Waals surface area contributed by atoms with Crippen LogP contribution >= 0.6 is 11.3 Å². The van der Waals surface area contributed by atoms with Crippen LogP contribution in [0.25, 0.3) is 11.3 Å². The number of carbonyl (C=O) groups excluding carboxylic acids is 6. The molecule has 2 aliphatic rings. The first kappa shape index (κ1) is 39.7. The number of halogens is 2. The molecule has 3 heterocycles. The van der Waals surface area contributed by atoms with Crippen LogP contribution in [0, 0.1) is 11.6 Å². The molecule has 0 bridgehead atoms. The minimum absolute atomic E-state index is 0.0139. The van der Waals surface area contributed by atoms with Gasteiger partial charge in [0.15, 0.2) is 29.9 Å². The summed E-state index contributed by atoms with van der Waals surface area (Å²) in [6.45, 7) is 3.15. The van der Waals surface area contributed by atoms with Gasteiger partial charge in [-0.25, -0.2) is 9.37 Å². The fourth-order valence-corrected chi connectivity index (χ4v) is 6.48. The van der Waals surface area contributed by atoms with Crippen LogP contribution in [-0.2, 0) is 23.9 Å². The van der Waals surface area contributed by atoms with Crippen molar-refractivity contribution in [2.24, 2.45) is 0 Å². The Balaban J connectivity index is 0.971. The Morgan fingerprint density at radius 3 is 2.22 bits per heavy atom. The zero-order valence-electron chi connectivity index (χ0n) is 29.5. The van der Waals surface area contributed by atoms with Crippen LogP contribution in [0.5, 0.6) is 11.5 Å². The second-order valence-electron chi connectivity index (χ2n) is 12.2. The number of thiazole rings is 1. The number of nitrogens with one attached hydrogen (secondary N) is 3. The van der Waals surface area contributed by atoms with E-state index in [1.807, 2.05) is 4.90 Å². The van der Waals surface area contributed by atoms with E-state index in [1.165, 1.54) is 35.6 Å². The van der Waals surface area contributed by atoms with Gasteiger partial charge in [-0.2, -0.15) is 4.39 Å². The normalized spacial score (nSPS) is 13.8. The highest BCUT2D eigenvalue weighted by Gasteiger charge is 2.39. The lowest BCUT2D eigenvalue weighted by molar-refractivity contribution is -0.130. The lowest BCUT2D eigenvalue weighted by Gasteiger charge is -2.26. The second-order valence-corrected chi connectivity index (χ2v) is 13.1. The van der Waals surface area contributed by atoms with Crippen LogP contribution in [-0.4, -0.2) is 104 Å². The SMILES string of the molecule is CCC(=O)NC(=O)CN1C(=O)c2cccc(OCC(=O)NCCCCCCNC(=O)COc3c(-c4csc(N5CCOCC5)n4)ccc(F)c3F)c2C1=O. The van der Waals surface area contributed by atoms with E-state index in [-0.39, 0.29) is 34.6 Å². The minimum Gasteiger partial charge on any atom is -0.483 e. The van der Waals surface area contributed by atoms with Gasteiger partial charge in [-0.1, -0.05) is 25.8 Å². The molecule has 1 fully saturated rings. The van der Waals surface area contributed by atoms with Crippen LogP contribution in [0.15, 0.2) is 35.7 Å². The van der Waals surface area contributed by atoms with E-state index < -0.39 is 66.8 Å². The molecule has 0 aliphatic carbocycles. The van der Waals surface area contributed by atoms with Crippen molar-refractivity contribution < 1.29 is 51.8 Å². The molecule has 2 aliphatic heterocycles. The summed E-state index contributed by atoms with van der Waals surface area (Å²) in [7, 11) is 0. The molecule has 15 nitrogen and oxygen atoms in total. The van der Waals surface area contributed by atoms with E-state index in [2.05, 4.69) is 20.9 Å². The quantitative estimate of drug-likeness (QED) is 0.128. The number of hydrogen-bond donors (Lipinski definition) is 3. The molecule has 3 N–H and O–H groups in total. The number of ether oxygens (including phenoxy) is 3. The lowest BCUT2D eigenvalue weighted by Crippen LogP contribution is -2.42. The predicted molar refractivity (Wildman–Crippen MR) is 191 cm³/mol. The van der Waals surface area contributed by atoms with Gasteiger partial charge in [-0.3, -0.25) is 39.0 Å². The maximum atomic E-state index is 14.8. The number of unbranched alkanes of at least 4 members (excludes halogenated alkanes) is 3. The van der Waals surface area contributed by atoms with Gasteiger partial charge in [0.25, 0.3) is 23.6 Å². The van der Waals surface area contributed by atoms with Gasteiger partial charge < -0.3 is 29.7 Å². The Labute approximate surface area is 313 Å². The fraction of sp³-hybridized carbons (Fsp3) is 0.417. The average Bonchev–Trinajstić information content (AvgIpc) is 3.76. The number of benzene rings is 2. The van der Waals surface area contributed by atoms with Crippen molar-refractivity contribution in [1.29, 1.82) is 0 Å². The van der Waals surface area contributed by atoms with E-state index in [4.69, 9.17) is 14.2 Å². The number of rotatable bonds is 18. The molecule has 2 aromatic carbocycles. The Hall–Kier alpha value is -5.49. The highest BCUT2D eigenvalue weighted by Crippen LogP contribution is 2.36. The van der Waals surface area contributed by atoms with Gasteiger partial charge in [0.1, 0.15) is 12.3 Å². The monoisotopic (exact) mass is 770 g/mol. The molecule has 0 atom stereocenters. The third-order valence-electron chi connectivity index (χ3n) is 8.42. The van der Waals surface area contributed by atoms with Crippen LogP contribution in [0.3, 0.4) is 0 Å². The van der Waals surface area contributed by atoms with E-state index in [9.17, 15) is 37.5 Å². The summed E-state index contributed by atoms with van der Waals surface area (Å²) in [5, 5.41) is 9.97. The molecule has 5 rings (SSSR count). The molecule has 1 aromatic heterocycles. The number of imide groups is 2. The Morgan fingerprint density at radius 2 is 1.54 bits per heavy atom. The summed E-state index contributed by atoms with van der Waals surface area (Å²) in [6.07, 6.45) is 2.80. The Morgan fingerprint density at radius 1 is 0.852 bits per heavy atom. The number of hydrogen-bond acceptors (Lipinski definition) is 12. The number of anilines is 1. The first-order valence-electron chi connectivity index (χ1n) is 17.4. The summed E-state index contributed by atoms with van der Waals surface area (Å²) >= 11 is 1.37. The lowest BCUT2D eigenvalue weighted by atomic mass is 10.1. The second kappa shape index (κ2) is 19.0. The van der Waals surface area contributed by atoms with Gasteiger partial charge in [0.2, 0.25) is 17.6 Å². The number of carbonyl (C=O) groups is 6. The first-order valence-corrected chi connectivity index (χ1v) is 18.3. The van der Waals surface area contributed by atoms with Gasteiger partial charge in [-0.05, 0) is 37.1 Å². The molecule has 6 amide bonds. The van der Waals surface area contributed by atoms with Crippen molar-refractivity contribution in [1.82, 2.24) is 25.8 Å². The van der Waals surface area contributed by atoms with Crippen molar-refractivity contribution in [2.45, 2.75) is 39.0 Å². The van der Waals surface area contributed by atoms with Crippen LogP contribution in [0.4, 0.5) is 13.9 Å². The molecular formula is C36H40F2N6O9S. The van der Waals surface area contributed by atoms with E-state index >= 15 is 0 Å². The highest BCUT2D eigenvalue weighted by molar-refractivity contribution is 7.14. The van der Waals surface area contributed by atoms with Crippen molar-refractivity contribution in [3.05, 3.63) is 58.5 Å². The highest BCUT2D eigenvalue weighted by atomic mass is 32.1. The molecule has 18 heteroatoms. The number of aromatic nitrogens is 1. The molecule has 1 saturated heterocycles. The van der Waals surface area contributed by atoms with Crippen LogP contribution in [0.2, 0.25) is 0 Å². The minimum atomic E-state index is -1.20. The molecule has 0 unspecified atom stereocenters. The summed E-state index contributed by atoms with van der Waals surface area (Å²) in [5.74, 6) is -6.44. The van der Waals surface area contributed by atoms with Crippen LogP contribution in [0.1, 0.15) is 59.7 Å². The van der Waals surface area contributed by atoms with Crippen LogP contribution < -0.4 is 30.3 Å². The number of morpholine rings is 1. The maximum absolute atomic E-state index is 14.8. The average molecular weight is 771 g/mol. The van der Waals surface area contributed by atoms with Gasteiger partial charge in [0, 0.05) is 43.5 Å². The number of nitrogens with zero attached hydrogens (tertiary/aromatic N) is 3. The fourth-order valence-electron chi connectivity index (χ4n) is 5.60. The predicted octanol–water partition coefficient (Wildman–Crippen LogP) is 2.82. The summed E-state index contributed by atoms with van der Waals surface area (Å²) < 4.78 is 45.3. The Bertz CT molecular complexity index is 1880. The zero-order chi connectivity index (χ0) is 38.6. The number of amides is 6. The summed E-state index contributed by atoms with van der Waals surface area (Å²) in [6, 6.07) is 6.70. The first-order chi connectivity index (χ1) is 26.1. The van der Waals surface area contributed by atoms with E-state index in [0.717, 1.165) is 24.0 Å². The Kier molecular flexibility index (Phi) is 14.0.